The van der Waals surface area contributed by atoms with Crippen LogP contribution in [-0.4, -0.2) is 26.8 Å². The van der Waals surface area contributed by atoms with Crippen molar-refractivity contribution in [1.29, 1.82) is 0 Å². The highest BCUT2D eigenvalue weighted by atomic mass is 35.5. The Bertz CT molecular complexity index is 525. The Hall–Kier alpha value is -0.290. The maximum Gasteiger partial charge on any atom is 0.158 e. The van der Waals surface area contributed by atoms with E-state index in [1.54, 1.807) is 18.2 Å². The molecular formula is C12H15Cl2NO2S. The van der Waals surface area contributed by atoms with E-state index in [-0.39, 0.29) is 11.0 Å². The average molecular weight is 308 g/mol. The summed E-state index contributed by atoms with van der Waals surface area (Å²) in [5, 5.41) is 3.67. The fourth-order valence-corrected chi connectivity index (χ4v) is 4.20. The standard InChI is InChI=1S/C12H15Cl2NO2S/c13-11-4-3-9(6-12(11)14)8-18(16,17)10-2-1-5-15-7-10/h3-4,6,10,15H,1-2,5,7-8H2. The van der Waals surface area contributed by atoms with Crippen LogP contribution in [0.1, 0.15) is 18.4 Å². The zero-order chi connectivity index (χ0) is 13.2. The molecule has 0 aliphatic carbocycles. The second kappa shape index (κ2) is 5.78. The topological polar surface area (TPSA) is 46.2 Å². The zero-order valence-electron chi connectivity index (χ0n) is 9.83. The van der Waals surface area contributed by atoms with Gasteiger partial charge in [0.05, 0.1) is 21.0 Å². The van der Waals surface area contributed by atoms with Gasteiger partial charge in [-0.15, -0.1) is 0 Å². The Kier molecular flexibility index (Phi) is 4.54. The number of nitrogens with one attached hydrogen (secondary N) is 1. The van der Waals surface area contributed by atoms with Gasteiger partial charge in [0.25, 0.3) is 0 Å². The smallest absolute Gasteiger partial charge is 0.158 e. The van der Waals surface area contributed by atoms with Crippen molar-refractivity contribution in [2.45, 2.75) is 23.8 Å². The van der Waals surface area contributed by atoms with Gasteiger partial charge in [0.1, 0.15) is 0 Å². The lowest BCUT2D eigenvalue weighted by Gasteiger charge is -2.22. The maximum absolute atomic E-state index is 12.2. The van der Waals surface area contributed by atoms with Crippen molar-refractivity contribution in [2.75, 3.05) is 13.1 Å². The molecule has 0 aromatic heterocycles. The normalized spacial score (nSPS) is 20.9. The monoisotopic (exact) mass is 307 g/mol. The third-order valence-corrected chi connectivity index (χ3v) is 6.00. The van der Waals surface area contributed by atoms with Crippen LogP contribution in [0.25, 0.3) is 0 Å². The SMILES string of the molecule is O=S(=O)(Cc1ccc(Cl)c(Cl)c1)C1CCCNC1. The molecule has 1 aliphatic heterocycles. The van der Waals surface area contributed by atoms with E-state index < -0.39 is 9.84 Å². The first-order chi connectivity index (χ1) is 8.49. The van der Waals surface area contributed by atoms with Crippen molar-refractivity contribution in [3.05, 3.63) is 33.8 Å². The van der Waals surface area contributed by atoms with E-state index >= 15 is 0 Å². The molecule has 1 unspecified atom stereocenters. The molecule has 0 bridgehead atoms. The predicted molar refractivity (Wildman–Crippen MR) is 75.0 cm³/mol. The molecule has 1 aliphatic rings. The third kappa shape index (κ3) is 3.38. The van der Waals surface area contributed by atoms with Crippen LogP contribution in [0.2, 0.25) is 10.0 Å². The third-order valence-electron chi connectivity index (χ3n) is 3.11. The fraction of sp³-hybridized carbons (Fsp3) is 0.500. The van der Waals surface area contributed by atoms with Crippen molar-refractivity contribution in [3.63, 3.8) is 0 Å². The molecule has 0 radical (unpaired) electrons. The summed E-state index contributed by atoms with van der Waals surface area (Å²) in [6.45, 7) is 1.45. The minimum absolute atomic E-state index is 0.0240. The van der Waals surface area contributed by atoms with E-state index in [9.17, 15) is 8.42 Å². The number of hydrogen-bond acceptors (Lipinski definition) is 3. The van der Waals surface area contributed by atoms with Crippen LogP contribution >= 0.6 is 23.2 Å². The van der Waals surface area contributed by atoms with Gasteiger partial charge in [-0.2, -0.15) is 0 Å². The minimum Gasteiger partial charge on any atom is -0.315 e. The molecule has 3 nitrogen and oxygen atoms in total. The second-order valence-corrected chi connectivity index (χ2v) is 7.62. The molecule has 1 aromatic carbocycles. The quantitative estimate of drug-likeness (QED) is 0.934. The molecule has 1 fully saturated rings. The van der Waals surface area contributed by atoms with E-state index in [2.05, 4.69) is 5.32 Å². The summed E-state index contributed by atoms with van der Waals surface area (Å²) in [7, 11) is -3.13. The summed E-state index contributed by atoms with van der Waals surface area (Å²) in [5.74, 6) is 0.0240. The number of sulfone groups is 1. The molecular weight excluding hydrogens is 293 g/mol. The van der Waals surface area contributed by atoms with Gasteiger partial charge in [0.15, 0.2) is 9.84 Å². The van der Waals surface area contributed by atoms with Crippen molar-refractivity contribution in [2.24, 2.45) is 0 Å². The molecule has 2 rings (SSSR count). The van der Waals surface area contributed by atoms with Crippen LogP contribution in [0.15, 0.2) is 18.2 Å². The van der Waals surface area contributed by atoms with E-state index in [0.29, 0.717) is 22.2 Å². The summed E-state index contributed by atoms with van der Waals surface area (Å²) in [6, 6.07) is 4.97. The number of piperidine rings is 1. The Labute approximate surface area is 117 Å². The molecule has 18 heavy (non-hydrogen) atoms. The molecule has 0 saturated carbocycles. The number of benzene rings is 1. The average Bonchev–Trinajstić information content (AvgIpc) is 2.35. The number of halogens is 2. The highest BCUT2D eigenvalue weighted by molar-refractivity contribution is 7.91. The Balaban J connectivity index is 2.13. The molecule has 6 heteroatoms. The number of rotatable bonds is 3. The van der Waals surface area contributed by atoms with Crippen molar-refractivity contribution in [3.8, 4) is 0 Å². The van der Waals surface area contributed by atoms with Gasteiger partial charge in [-0.25, -0.2) is 8.42 Å². The van der Waals surface area contributed by atoms with Gasteiger partial charge in [-0.3, -0.25) is 0 Å². The van der Waals surface area contributed by atoms with Gasteiger partial charge in [0, 0.05) is 6.54 Å². The molecule has 1 saturated heterocycles. The number of hydrogen-bond donors (Lipinski definition) is 1. The molecule has 0 spiro atoms. The Morgan fingerprint density at radius 3 is 2.67 bits per heavy atom. The summed E-state index contributed by atoms with van der Waals surface area (Å²) >= 11 is 11.7. The highest BCUT2D eigenvalue weighted by Crippen LogP contribution is 2.25. The van der Waals surface area contributed by atoms with Gasteiger partial charge < -0.3 is 5.32 Å². The largest absolute Gasteiger partial charge is 0.315 e. The lowest BCUT2D eigenvalue weighted by Crippen LogP contribution is -2.39. The molecule has 1 N–H and O–H groups in total. The van der Waals surface area contributed by atoms with Gasteiger partial charge in [-0.05, 0) is 37.1 Å². The van der Waals surface area contributed by atoms with Crippen LogP contribution in [-0.2, 0) is 15.6 Å². The van der Waals surface area contributed by atoms with E-state index in [4.69, 9.17) is 23.2 Å². The first-order valence-electron chi connectivity index (χ1n) is 5.85. The summed E-state index contributed by atoms with van der Waals surface area (Å²) in [6.07, 6.45) is 1.64. The van der Waals surface area contributed by atoms with Gasteiger partial charge in [-0.1, -0.05) is 29.3 Å². The molecule has 1 heterocycles. The summed E-state index contributed by atoms with van der Waals surface area (Å²) in [4.78, 5) is 0. The van der Waals surface area contributed by atoms with Crippen LogP contribution in [0, 0.1) is 0 Å². The van der Waals surface area contributed by atoms with Crippen LogP contribution < -0.4 is 5.32 Å². The van der Waals surface area contributed by atoms with Crippen LogP contribution in [0.3, 0.4) is 0 Å². The predicted octanol–water partition coefficient (Wildman–Crippen LogP) is 2.66. The zero-order valence-corrected chi connectivity index (χ0v) is 12.2. The molecule has 1 aromatic rings. The second-order valence-electron chi connectivity index (χ2n) is 4.52. The van der Waals surface area contributed by atoms with Gasteiger partial charge in [0.2, 0.25) is 0 Å². The van der Waals surface area contributed by atoms with Crippen molar-refractivity contribution < 1.29 is 8.42 Å². The Morgan fingerprint density at radius 2 is 2.06 bits per heavy atom. The highest BCUT2D eigenvalue weighted by Gasteiger charge is 2.27. The lowest BCUT2D eigenvalue weighted by molar-refractivity contribution is 0.496. The van der Waals surface area contributed by atoms with Crippen molar-refractivity contribution >= 4 is 33.0 Å². The van der Waals surface area contributed by atoms with Gasteiger partial charge >= 0.3 is 0 Å². The van der Waals surface area contributed by atoms with E-state index in [1.807, 2.05) is 0 Å². The summed E-state index contributed by atoms with van der Waals surface area (Å²) < 4.78 is 24.5. The fourth-order valence-electron chi connectivity index (χ4n) is 2.11. The molecule has 100 valence electrons. The lowest BCUT2D eigenvalue weighted by atomic mass is 10.2. The van der Waals surface area contributed by atoms with E-state index in [0.717, 1.165) is 19.4 Å². The summed E-state index contributed by atoms with van der Waals surface area (Å²) in [5.41, 5.74) is 0.690. The van der Waals surface area contributed by atoms with Crippen LogP contribution in [0.4, 0.5) is 0 Å². The first-order valence-corrected chi connectivity index (χ1v) is 8.32. The first kappa shape index (κ1) is 14.1. The van der Waals surface area contributed by atoms with Crippen molar-refractivity contribution in [1.82, 2.24) is 5.32 Å². The van der Waals surface area contributed by atoms with E-state index in [1.165, 1.54) is 0 Å². The maximum atomic E-state index is 12.2. The minimum atomic E-state index is -3.13. The van der Waals surface area contributed by atoms with Crippen LogP contribution in [0.5, 0.6) is 0 Å². The molecule has 0 amide bonds. The molecule has 1 atom stereocenters. The Morgan fingerprint density at radius 1 is 1.28 bits per heavy atom.